The van der Waals surface area contributed by atoms with Crippen molar-refractivity contribution < 1.29 is 9.47 Å². The molecule has 1 saturated heterocycles. The molecule has 2 heterocycles. The maximum atomic E-state index is 6.46. The first-order valence-corrected chi connectivity index (χ1v) is 9.92. The van der Waals surface area contributed by atoms with Gasteiger partial charge in [0.2, 0.25) is 0 Å². The number of methoxy groups -OCH3 is 1. The molecular formula is C22H24ClN3O2. The van der Waals surface area contributed by atoms with Gasteiger partial charge >= 0.3 is 0 Å². The van der Waals surface area contributed by atoms with Gasteiger partial charge in [-0.1, -0.05) is 29.8 Å². The maximum absolute atomic E-state index is 6.46. The number of nitrogens with zero attached hydrogens (tertiary/aromatic N) is 2. The Morgan fingerprint density at radius 1 is 1.21 bits per heavy atom. The molecule has 1 aliphatic rings. The molecule has 1 aliphatic heterocycles. The van der Waals surface area contributed by atoms with Crippen LogP contribution in [0.4, 0.5) is 0 Å². The minimum Gasteiger partial charge on any atom is -0.497 e. The number of ether oxygens (including phenoxy) is 2. The molecule has 3 aromatic rings. The number of nitrogens with one attached hydrogen (secondary N) is 1. The van der Waals surface area contributed by atoms with Gasteiger partial charge in [-0.25, -0.2) is 4.68 Å². The third-order valence-corrected chi connectivity index (χ3v) is 5.30. The summed E-state index contributed by atoms with van der Waals surface area (Å²) in [6.07, 6.45) is 4.63. The van der Waals surface area contributed by atoms with E-state index in [2.05, 4.69) is 11.5 Å². The van der Waals surface area contributed by atoms with Gasteiger partial charge in [-0.15, -0.1) is 0 Å². The van der Waals surface area contributed by atoms with Crippen LogP contribution < -0.4 is 10.1 Å². The van der Waals surface area contributed by atoms with E-state index >= 15 is 0 Å². The zero-order chi connectivity index (χ0) is 19.3. The average molecular weight is 398 g/mol. The first-order chi connectivity index (χ1) is 13.7. The fraction of sp³-hybridized carbons (Fsp3) is 0.318. The number of aromatic nitrogens is 2. The van der Waals surface area contributed by atoms with Gasteiger partial charge in [-0.05, 0) is 43.2 Å². The van der Waals surface area contributed by atoms with Crippen molar-refractivity contribution in [3.63, 3.8) is 0 Å². The Bertz CT molecular complexity index is 918. The minimum absolute atomic E-state index is 0.306. The summed E-state index contributed by atoms with van der Waals surface area (Å²) in [6.45, 7) is 2.42. The molecule has 0 bridgehead atoms. The molecule has 1 aromatic heterocycles. The fourth-order valence-corrected chi connectivity index (χ4v) is 3.68. The quantitative estimate of drug-likeness (QED) is 0.639. The van der Waals surface area contributed by atoms with Gasteiger partial charge < -0.3 is 14.8 Å². The fourth-order valence-electron chi connectivity index (χ4n) is 3.46. The molecule has 0 amide bonds. The number of rotatable bonds is 7. The molecule has 28 heavy (non-hydrogen) atoms. The van der Waals surface area contributed by atoms with Gasteiger partial charge in [-0.2, -0.15) is 5.10 Å². The normalized spacial score (nSPS) is 16.4. The van der Waals surface area contributed by atoms with Crippen LogP contribution in [0.1, 0.15) is 18.4 Å². The van der Waals surface area contributed by atoms with Crippen LogP contribution in [-0.2, 0) is 11.3 Å². The Morgan fingerprint density at radius 3 is 2.75 bits per heavy atom. The molecule has 1 N–H and O–H groups in total. The predicted octanol–water partition coefficient (Wildman–Crippen LogP) is 4.47. The van der Waals surface area contributed by atoms with Crippen molar-refractivity contribution in [1.29, 1.82) is 0 Å². The zero-order valence-electron chi connectivity index (χ0n) is 15.9. The van der Waals surface area contributed by atoms with Crippen LogP contribution >= 0.6 is 11.6 Å². The van der Waals surface area contributed by atoms with Crippen molar-refractivity contribution in [3.8, 4) is 22.7 Å². The highest BCUT2D eigenvalue weighted by Crippen LogP contribution is 2.30. The van der Waals surface area contributed by atoms with E-state index in [1.54, 1.807) is 7.11 Å². The van der Waals surface area contributed by atoms with Crippen LogP contribution in [0, 0.1) is 0 Å². The Morgan fingerprint density at radius 2 is 2.04 bits per heavy atom. The molecular weight excluding hydrogens is 374 g/mol. The Balaban J connectivity index is 1.61. The molecule has 146 valence electrons. The lowest BCUT2D eigenvalue weighted by Crippen LogP contribution is -2.25. The molecule has 0 saturated carbocycles. The number of halogens is 1. The first kappa shape index (κ1) is 19.0. The summed E-state index contributed by atoms with van der Waals surface area (Å²) in [5, 5.41) is 9.05. The third kappa shape index (κ3) is 4.22. The number of hydrogen-bond donors (Lipinski definition) is 1. The largest absolute Gasteiger partial charge is 0.497 e. The average Bonchev–Trinajstić information content (AvgIpc) is 3.39. The van der Waals surface area contributed by atoms with Gasteiger partial charge in [0, 0.05) is 37.0 Å². The monoisotopic (exact) mass is 397 g/mol. The van der Waals surface area contributed by atoms with Crippen LogP contribution in [0.5, 0.6) is 5.75 Å². The van der Waals surface area contributed by atoms with Crippen molar-refractivity contribution in [2.45, 2.75) is 25.5 Å². The van der Waals surface area contributed by atoms with Crippen LogP contribution in [0.25, 0.3) is 16.9 Å². The summed E-state index contributed by atoms with van der Waals surface area (Å²) in [6, 6.07) is 15.7. The zero-order valence-corrected chi connectivity index (χ0v) is 16.7. The third-order valence-electron chi connectivity index (χ3n) is 4.97. The van der Waals surface area contributed by atoms with Crippen LogP contribution in [0.15, 0.2) is 54.7 Å². The Labute approximate surface area is 170 Å². The van der Waals surface area contributed by atoms with E-state index in [0.29, 0.717) is 17.7 Å². The molecule has 0 radical (unpaired) electrons. The van der Waals surface area contributed by atoms with E-state index in [4.69, 9.17) is 26.2 Å². The second kappa shape index (κ2) is 8.78. The van der Waals surface area contributed by atoms with E-state index in [0.717, 1.165) is 54.3 Å². The standard InChI is InChI=1S/C22H24ClN3O2/c1-27-18-10-8-17(9-11-18)26-15-16(13-24-14-19-5-4-12-28-19)22(25-26)20-6-2-3-7-21(20)23/h2-3,6-11,15,19,24H,4-5,12-14H2,1H3. The molecule has 1 fully saturated rings. The topological polar surface area (TPSA) is 48.3 Å². The molecule has 1 atom stereocenters. The Hall–Kier alpha value is -2.34. The molecule has 5 nitrogen and oxygen atoms in total. The van der Waals surface area contributed by atoms with Crippen LogP contribution in [0.3, 0.4) is 0 Å². The SMILES string of the molecule is COc1ccc(-n2cc(CNCC3CCCO3)c(-c3ccccc3Cl)n2)cc1. The second-order valence-electron chi connectivity index (χ2n) is 6.89. The van der Waals surface area contributed by atoms with Gasteiger partial charge in [0.25, 0.3) is 0 Å². The predicted molar refractivity (Wildman–Crippen MR) is 111 cm³/mol. The second-order valence-corrected chi connectivity index (χ2v) is 7.30. The summed E-state index contributed by atoms with van der Waals surface area (Å²) < 4.78 is 12.8. The highest BCUT2D eigenvalue weighted by molar-refractivity contribution is 6.33. The van der Waals surface area contributed by atoms with Crippen molar-refractivity contribution in [2.24, 2.45) is 0 Å². The number of benzene rings is 2. The maximum Gasteiger partial charge on any atom is 0.119 e. The highest BCUT2D eigenvalue weighted by atomic mass is 35.5. The molecule has 1 unspecified atom stereocenters. The summed E-state index contributed by atoms with van der Waals surface area (Å²) in [5.74, 6) is 0.820. The van der Waals surface area contributed by atoms with Gasteiger partial charge in [-0.3, -0.25) is 0 Å². The van der Waals surface area contributed by atoms with Gasteiger partial charge in [0.1, 0.15) is 5.75 Å². The van der Waals surface area contributed by atoms with E-state index in [1.165, 1.54) is 0 Å². The highest BCUT2D eigenvalue weighted by Gasteiger charge is 2.17. The van der Waals surface area contributed by atoms with Crippen molar-refractivity contribution in [3.05, 3.63) is 65.3 Å². The minimum atomic E-state index is 0.306. The Kier molecular flexibility index (Phi) is 5.95. The lowest BCUT2D eigenvalue weighted by molar-refractivity contribution is 0.110. The summed E-state index contributed by atoms with van der Waals surface area (Å²) in [5.41, 5.74) is 3.90. The van der Waals surface area contributed by atoms with Gasteiger partial charge in [0.05, 0.1) is 29.6 Å². The first-order valence-electron chi connectivity index (χ1n) is 9.55. The lowest BCUT2D eigenvalue weighted by atomic mass is 10.1. The molecule has 0 aliphatic carbocycles. The van der Waals surface area contributed by atoms with Crippen molar-refractivity contribution >= 4 is 11.6 Å². The van der Waals surface area contributed by atoms with E-state index in [9.17, 15) is 0 Å². The van der Waals surface area contributed by atoms with Crippen molar-refractivity contribution in [2.75, 3.05) is 20.3 Å². The smallest absolute Gasteiger partial charge is 0.119 e. The summed E-state index contributed by atoms with van der Waals surface area (Å²) in [7, 11) is 1.66. The number of hydrogen-bond acceptors (Lipinski definition) is 4. The van der Waals surface area contributed by atoms with E-state index < -0.39 is 0 Å². The van der Waals surface area contributed by atoms with E-state index in [-0.39, 0.29) is 0 Å². The summed E-state index contributed by atoms with van der Waals surface area (Å²) in [4.78, 5) is 0. The van der Waals surface area contributed by atoms with Crippen LogP contribution in [0.2, 0.25) is 5.02 Å². The summed E-state index contributed by atoms with van der Waals surface area (Å²) >= 11 is 6.46. The van der Waals surface area contributed by atoms with Crippen LogP contribution in [-0.4, -0.2) is 36.1 Å². The molecule has 4 rings (SSSR count). The van der Waals surface area contributed by atoms with Crippen molar-refractivity contribution in [1.82, 2.24) is 15.1 Å². The van der Waals surface area contributed by atoms with E-state index in [1.807, 2.05) is 53.2 Å². The molecule has 0 spiro atoms. The molecule has 2 aromatic carbocycles. The lowest BCUT2D eigenvalue weighted by Gasteiger charge is -2.10. The molecule has 6 heteroatoms. The van der Waals surface area contributed by atoms with Gasteiger partial charge in [0.15, 0.2) is 0 Å².